The van der Waals surface area contributed by atoms with Crippen molar-refractivity contribution in [3.05, 3.63) is 47.5 Å². The highest BCUT2D eigenvalue weighted by atomic mass is 16.3. The van der Waals surface area contributed by atoms with Crippen molar-refractivity contribution in [1.29, 1.82) is 0 Å². The first-order valence-electron chi connectivity index (χ1n) is 7.35. The Morgan fingerprint density at radius 3 is 3.09 bits per heavy atom. The van der Waals surface area contributed by atoms with E-state index in [2.05, 4.69) is 32.0 Å². The zero-order valence-corrected chi connectivity index (χ0v) is 12.0. The minimum atomic E-state index is -0.869. The van der Waals surface area contributed by atoms with E-state index in [1.807, 2.05) is 24.3 Å². The lowest BCUT2D eigenvalue weighted by atomic mass is 9.79. The number of aliphatic hydroxyl groups is 1. The number of rotatable bonds is 3. The number of hydrogen-bond acceptors (Lipinski definition) is 6. The molecule has 1 aliphatic rings. The third-order valence-corrected chi connectivity index (χ3v) is 4.19. The van der Waals surface area contributed by atoms with Gasteiger partial charge in [-0.05, 0) is 52.9 Å². The van der Waals surface area contributed by atoms with E-state index in [9.17, 15) is 5.11 Å². The molecule has 112 valence electrons. The predicted molar refractivity (Wildman–Crippen MR) is 80.3 cm³/mol. The number of aromatic nitrogens is 5. The number of fused-ring (bicyclic) bond motifs is 2. The molecule has 0 radical (unpaired) electrons. The fourth-order valence-electron chi connectivity index (χ4n) is 3.06. The second-order valence-corrected chi connectivity index (χ2v) is 5.64. The monoisotopic (exact) mass is 296 g/mol. The Morgan fingerprint density at radius 1 is 1.23 bits per heavy atom. The molecule has 0 saturated carbocycles. The van der Waals surface area contributed by atoms with Gasteiger partial charge < -0.3 is 10.4 Å². The van der Waals surface area contributed by atoms with Crippen molar-refractivity contribution in [2.45, 2.75) is 24.9 Å². The van der Waals surface area contributed by atoms with Crippen molar-refractivity contribution < 1.29 is 5.11 Å². The second-order valence-electron chi connectivity index (χ2n) is 5.64. The smallest absolute Gasteiger partial charge is 0.200 e. The van der Waals surface area contributed by atoms with Crippen LogP contribution in [0.25, 0.3) is 5.65 Å². The van der Waals surface area contributed by atoms with Gasteiger partial charge in [0.15, 0.2) is 5.65 Å². The maximum Gasteiger partial charge on any atom is 0.200 e. The molecule has 0 aliphatic heterocycles. The van der Waals surface area contributed by atoms with Crippen LogP contribution >= 0.6 is 0 Å². The van der Waals surface area contributed by atoms with Gasteiger partial charge >= 0.3 is 0 Å². The second kappa shape index (κ2) is 5.03. The first-order chi connectivity index (χ1) is 10.7. The van der Waals surface area contributed by atoms with Gasteiger partial charge in [0.05, 0.1) is 0 Å². The van der Waals surface area contributed by atoms with Crippen LogP contribution in [0.2, 0.25) is 0 Å². The predicted octanol–water partition coefficient (Wildman–Crippen LogP) is 1.16. The van der Waals surface area contributed by atoms with E-state index >= 15 is 0 Å². The summed E-state index contributed by atoms with van der Waals surface area (Å²) >= 11 is 0. The average Bonchev–Trinajstić information content (AvgIpc) is 3.01. The standard InChI is InChI=1S/C15H16N6O/c22-15(9-3-5-11-4-1-2-6-12(11)15)10-16-13-7-8-14-17-19-20-21(14)18-13/h1-2,4,6-8,22H,3,5,9-10H2,(H,16,18). The van der Waals surface area contributed by atoms with Crippen molar-refractivity contribution in [3.63, 3.8) is 0 Å². The molecular formula is C15H16N6O. The van der Waals surface area contributed by atoms with Crippen LogP contribution in [0.4, 0.5) is 5.82 Å². The number of anilines is 1. The molecule has 7 heteroatoms. The first-order valence-corrected chi connectivity index (χ1v) is 7.35. The van der Waals surface area contributed by atoms with E-state index in [0.29, 0.717) is 18.0 Å². The number of benzene rings is 1. The first kappa shape index (κ1) is 13.1. The highest BCUT2D eigenvalue weighted by molar-refractivity contribution is 5.43. The summed E-state index contributed by atoms with van der Waals surface area (Å²) < 4.78 is 1.36. The van der Waals surface area contributed by atoms with E-state index in [4.69, 9.17) is 0 Å². The van der Waals surface area contributed by atoms with Gasteiger partial charge in [-0.1, -0.05) is 24.3 Å². The van der Waals surface area contributed by atoms with Crippen molar-refractivity contribution in [2.24, 2.45) is 0 Å². The largest absolute Gasteiger partial charge is 0.383 e. The molecule has 1 unspecified atom stereocenters. The summed E-state index contributed by atoms with van der Waals surface area (Å²) in [4.78, 5) is 0. The highest BCUT2D eigenvalue weighted by Gasteiger charge is 2.33. The van der Waals surface area contributed by atoms with E-state index in [1.54, 1.807) is 6.07 Å². The summed E-state index contributed by atoms with van der Waals surface area (Å²) in [5, 5.41) is 29.6. The molecule has 1 aliphatic carbocycles. The molecule has 7 nitrogen and oxygen atoms in total. The number of nitrogens with zero attached hydrogens (tertiary/aromatic N) is 5. The number of aryl methyl sites for hydroxylation is 1. The fraction of sp³-hybridized carbons (Fsp3) is 0.333. The summed E-state index contributed by atoms with van der Waals surface area (Å²) in [6.45, 7) is 0.407. The third-order valence-electron chi connectivity index (χ3n) is 4.19. The Hall–Kier alpha value is -2.54. The lowest BCUT2D eigenvalue weighted by Gasteiger charge is -2.34. The zero-order chi connectivity index (χ0) is 15.0. The lowest BCUT2D eigenvalue weighted by molar-refractivity contribution is 0.0322. The molecule has 0 saturated heterocycles. The van der Waals surface area contributed by atoms with Crippen LogP contribution in [0, 0.1) is 0 Å². The molecular weight excluding hydrogens is 280 g/mol. The van der Waals surface area contributed by atoms with Crippen molar-refractivity contribution >= 4 is 11.5 Å². The van der Waals surface area contributed by atoms with Gasteiger partial charge in [0.25, 0.3) is 0 Å². The van der Waals surface area contributed by atoms with Crippen molar-refractivity contribution in [2.75, 3.05) is 11.9 Å². The molecule has 1 atom stereocenters. The van der Waals surface area contributed by atoms with Gasteiger partial charge in [-0.3, -0.25) is 0 Å². The molecule has 3 aromatic rings. The van der Waals surface area contributed by atoms with Crippen LogP contribution in [0.15, 0.2) is 36.4 Å². The minimum absolute atomic E-state index is 0.407. The fourth-order valence-corrected chi connectivity index (χ4v) is 3.06. The summed E-state index contributed by atoms with van der Waals surface area (Å²) in [5.74, 6) is 0.635. The highest BCUT2D eigenvalue weighted by Crippen LogP contribution is 2.35. The Kier molecular flexibility index (Phi) is 3.00. The molecule has 0 fully saturated rings. The maximum absolute atomic E-state index is 11.0. The molecule has 0 bridgehead atoms. The molecule has 2 aromatic heterocycles. The third kappa shape index (κ3) is 2.19. The maximum atomic E-state index is 11.0. The van der Waals surface area contributed by atoms with Crippen molar-refractivity contribution in [3.8, 4) is 0 Å². The van der Waals surface area contributed by atoms with E-state index in [-0.39, 0.29) is 0 Å². The Labute approximate surface area is 127 Å². The number of hydrogen-bond donors (Lipinski definition) is 2. The Morgan fingerprint density at radius 2 is 2.14 bits per heavy atom. The van der Waals surface area contributed by atoms with Crippen LogP contribution in [0.3, 0.4) is 0 Å². The van der Waals surface area contributed by atoms with Crippen LogP contribution in [-0.2, 0) is 12.0 Å². The molecule has 4 rings (SSSR count). The van der Waals surface area contributed by atoms with Crippen LogP contribution in [0.1, 0.15) is 24.0 Å². The van der Waals surface area contributed by atoms with Crippen LogP contribution in [0.5, 0.6) is 0 Å². The number of tetrazole rings is 1. The van der Waals surface area contributed by atoms with E-state index in [0.717, 1.165) is 24.8 Å². The zero-order valence-electron chi connectivity index (χ0n) is 12.0. The van der Waals surface area contributed by atoms with Gasteiger partial charge in [-0.2, -0.15) is 0 Å². The molecule has 0 spiro atoms. The Balaban J connectivity index is 1.58. The van der Waals surface area contributed by atoms with E-state index in [1.165, 1.54) is 10.2 Å². The van der Waals surface area contributed by atoms with Gasteiger partial charge in [-0.15, -0.1) is 14.8 Å². The van der Waals surface area contributed by atoms with Gasteiger partial charge in [0.2, 0.25) is 0 Å². The van der Waals surface area contributed by atoms with Gasteiger partial charge in [0, 0.05) is 6.54 Å². The number of nitrogens with one attached hydrogen (secondary N) is 1. The molecule has 22 heavy (non-hydrogen) atoms. The van der Waals surface area contributed by atoms with Crippen LogP contribution in [-0.4, -0.2) is 36.9 Å². The minimum Gasteiger partial charge on any atom is -0.383 e. The normalized spacial score (nSPS) is 20.8. The summed E-state index contributed by atoms with van der Waals surface area (Å²) in [6, 6.07) is 11.7. The SMILES string of the molecule is OC1(CNc2ccc3nnnn3n2)CCCc2ccccc21. The van der Waals surface area contributed by atoms with Crippen molar-refractivity contribution in [1.82, 2.24) is 25.3 Å². The lowest BCUT2D eigenvalue weighted by Crippen LogP contribution is -2.37. The topological polar surface area (TPSA) is 88.2 Å². The summed E-state index contributed by atoms with van der Waals surface area (Å²) in [6.07, 6.45) is 2.74. The quantitative estimate of drug-likeness (QED) is 0.754. The summed E-state index contributed by atoms with van der Waals surface area (Å²) in [7, 11) is 0. The summed E-state index contributed by atoms with van der Waals surface area (Å²) in [5.41, 5.74) is 1.96. The van der Waals surface area contributed by atoms with Gasteiger partial charge in [0.1, 0.15) is 11.4 Å². The molecule has 1 aromatic carbocycles. The Bertz CT molecular complexity index is 816. The van der Waals surface area contributed by atoms with E-state index < -0.39 is 5.60 Å². The molecule has 2 N–H and O–H groups in total. The molecule has 0 amide bonds. The van der Waals surface area contributed by atoms with Crippen LogP contribution < -0.4 is 5.32 Å². The van der Waals surface area contributed by atoms with Gasteiger partial charge in [-0.25, -0.2) is 0 Å². The molecule has 2 heterocycles. The average molecular weight is 296 g/mol.